The lowest BCUT2D eigenvalue weighted by Gasteiger charge is -2.24. The third-order valence-corrected chi connectivity index (χ3v) is 5.22. The van der Waals surface area contributed by atoms with Crippen molar-refractivity contribution >= 4 is 29.3 Å². The van der Waals surface area contributed by atoms with E-state index in [0.29, 0.717) is 18.7 Å². The summed E-state index contributed by atoms with van der Waals surface area (Å²) < 4.78 is 0. The molecule has 124 valence electrons. The van der Waals surface area contributed by atoms with Gasteiger partial charge in [-0.1, -0.05) is 30.3 Å². The van der Waals surface area contributed by atoms with Gasteiger partial charge >= 0.3 is 0 Å². The van der Waals surface area contributed by atoms with E-state index in [1.54, 1.807) is 11.0 Å². The average molecular weight is 340 g/mol. The van der Waals surface area contributed by atoms with Gasteiger partial charge in [0.25, 0.3) is 5.91 Å². The number of nitrogens with zero attached hydrogens (tertiary/aromatic N) is 1. The van der Waals surface area contributed by atoms with E-state index in [2.05, 4.69) is 5.32 Å². The summed E-state index contributed by atoms with van der Waals surface area (Å²) in [4.78, 5) is 27.5. The van der Waals surface area contributed by atoms with Crippen molar-refractivity contribution in [2.45, 2.75) is 30.5 Å². The predicted molar refractivity (Wildman–Crippen MR) is 97.2 cm³/mol. The van der Waals surface area contributed by atoms with E-state index in [9.17, 15) is 9.59 Å². The van der Waals surface area contributed by atoms with Crippen LogP contribution in [0.5, 0.6) is 0 Å². The molecule has 2 aromatic carbocycles. The summed E-state index contributed by atoms with van der Waals surface area (Å²) in [5, 5.41) is 2.77. The Bertz CT molecular complexity index is 761. The van der Waals surface area contributed by atoms with E-state index in [1.165, 1.54) is 11.8 Å². The lowest BCUT2D eigenvalue weighted by molar-refractivity contribution is -0.115. The Morgan fingerprint density at radius 3 is 2.67 bits per heavy atom. The summed E-state index contributed by atoms with van der Waals surface area (Å²) in [5.41, 5.74) is 2.43. The zero-order valence-corrected chi connectivity index (χ0v) is 14.6. The highest BCUT2D eigenvalue weighted by Crippen LogP contribution is 2.36. The molecule has 1 N–H and O–H groups in total. The maximum atomic E-state index is 12.8. The monoisotopic (exact) mass is 340 g/mol. The maximum absolute atomic E-state index is 12.8. The van der Waals surface area contributed by atoms with Crippen LogP contribution in [0.2, 0.25) is 0 Å². The number of hydrogen-bond acceptors (Lipinski definition) is 3. The lowest BCUT2D eigenvalue weighted by atomic mass is 10.1. The molecule has 4 nitrogen and oxygen atoms in total. The standard InChI is InChI=1S/C19H20N2O2S/c1-3-21(12-14-7-5-4-6-8-14)19(23)15-9-10-17-16(11-15)20-18(22)13(2)24-17/h4-11,13H,3,12H2,1-2H3,(H,20,22)/t13-/m1/s1. The van der Waals surface area contributed by atoms with Gasteiger partial charge in [0.2, 0.25) is 5.91 Å². The quantitative estimate of drug-likeness (QED) is 0.921. The first-order valence-electron chi connectivity index (χ1n) is 8.03. The zero-order valence-electron chi connectivity index (χ0n) is 13.8. The minimum Gasteiger partial charge on any atom is -0.335 e. The Balaban J connectivity index is 1.81. The number of carbonyl (C=O) groups excluding carboxylic acids is 2. The summed E-state index contributed by atoms with van der Waals surface area (Å²) >= 11 is 1.52. The van der Waals surface area contributed by atoms with E-state index in [0.717, 1.165) is 16.1 Å². The van der Waals surface area contributed by atoms with Crippen molar-refractivity contribution in [2.24, 2.45) is 0 Å². The van der Waals surface area contributed by atoms with Gasteiger partial charge in [0, 0.05) is 23.5 Å². The highest BCUT2D eigenvalue weighted by molar-refractivity contribution is 8.00. The molecule has 1 aliphatic rings. The first-order chi connectivity index (χ1) is 11.6. The fraction of sp³-hybridized carbons (Fsp3) is 0.263. The second-order valence-corrected chi connectivity index (χ2v) is 7.15. The fourth-order valence-electron chi connectivity index (χ4n) is 2.66. The minimum absolute atomic E-state index is 0.0197. The lowest BCUT2D eigenvalue weighted by Crippen LogP contribution is -2.31. The molecule has 0 spiro atoms. The van der Waals surface area contributed by atoms with Crippen LogP contribution in [0.1, 0.15) is 29.8 Å². The number of amides is 2. The van der Waals surface area contributed by atoms with Crippen LogP contribution in [0, 0.1) is 0 Å². The van der Waals surface area contributed by atoms with Gasteiger partial charge in [-0.05, 0) is 37.6 Å². The van der Waals surface area contributed by atoms with Crippen LogP contribution in [-0.4, -0.2) is 28.5 Å². The SMILES string of the molecule is CCN(Cc1ccccc1)C(=O)c1ccc2c(c1)NC(=O)[C@@H](C)S2. The first kappa shape index (κ1) is 16.6. The van der Waals surface area contributed by atoms with Gasteiger partial charge in [0.1, 0.15) is 0 Å². The van der Waals surface area contributed by atoms with Gasteiger partial charge < -0.3 is 10.2 Å². The second kappa shape index (κ2) is 7.09. The predicted octanol–water partition coefficient (Wildman–Crippen LogP) is 3.78. The van der Waals surface area contributed by atoms with Gasteiger partial charge in [0.15, 0.2) is 0 Å². The second-order valence-electron chi connectivity index (χ2n) is 5.77. The normalized spacial score (nSPS) is 16.2. The van der Waals surface area contributed by atoms with Gasteiger partial charge in [0.05, 0.1) is 10.9 Å². The number of carbonyl (C=O) groups is 2. The van der Waals surface area contributed by atoms with E-state index >= 15 is 0 Å². The van der Waals surface area contributed by atoms with E-state index in [-0.39, 0.29) is 17.1 Å². The Morgan fingerprint density at radius 2 is 1.96 bits per heavy atom. The Labute approximate surface area is 146 Å². The summed E-state index contributed by atoms with van der Waals surface area (Å²) in [7, 11) is 0. The molecule has 0 aliphatic carbocycles. The molecule has 3 rings (SSSR count). The van der Waals surface area contributed by atoms with Crippen molar-refractivity contribution in [1.29, 1.82) is 0 Å². The highest BCUT2D eigenvalue weighted by atomic mass is 32.2. The molecule has 24 heavy (non-hydrogen) atoms. The number of benzene rings is 2. The largest absolute Gasteiger partial charge is 0.335 e. The van der Waals surface area contributed by atoms with Gasteiger partial charge in [-0.25, -0.2) is 0 Å². The molecule has 5 heteroatoms. The van der Waals surface area contributed by atoms with Crippen LogP contribution in [-0.2, 0) is 11.3 Å². The van der Waals surface area contributed by atoms with Crippen LogP contribution in [0.15, 0.2) is 53.4 Å². The number of rotatable bonds is 4. The van der Waals surface area contributed by atoms with E-state index < -0.39 is 0 Å². The molecule has 0 unspecified atom stereocenters. The van der Waals surface area contributed by atoms with E-state index in [1.807, 2.05) is 56.3 Å². The van der Waals surface area contributed by atoms with Crippen LogP contribution in [0.25, 0.3) is 0 Å². The fourth-order valence-corrected chi connectivity index (χ4v) is 3.59. The third-order valence-electron chi connectivity index (χ3n) is 4.04. The van der Waals surface area contributed by atoms with Crippen molar-refractivity contribution < 1.29 is 9.59 Å². The van der Waals surface area contributed by atoms with Crippen LogP contribution in [0.4, 0.5) is 5.69 Å². The maximum Gasteiger partial charge on any atom is 0.254 e. The molecule has 0 saturated heterocycles. The topological polar surface area (TPSA) is 49.4 Å². The van der Waals surface area contributed by atoms with Gasteiger partial charge in [-0.15, -0.1) is 11.8 Å². The highest BCUT2D eigenvalue weighted by Gasteiger charge is 2.24. The molecule has 1 heterocycles. The Kier molecular flexibility index (Phi) is 4.90. The number of thioether (sulfide) groups is 1. The van der Waals surface area contributed by atoms with Crippen LogP contribution in [0.3, 0.4) is 0 Å². The Morgan fingerprint density at radius 1 is 1.21 bits per heavy atom. The van der Waals surface area contributed by atoms with Crippen LogP contribution >= 0.6 is 11.8 Å². The number of nitrogens with one attached hydrogen (secondary N) is 1. The van der Waals surface area contributed by atoms with Crippen LogP contribution < -0.4 is 5.32 Å². The molecular formula is C19H20N2O2S. The minimum atomic E-state index is -0.107. The number of anilines is 1. The molecule has 2 aromatic rings. The smallest absolute Gasteiger partial charge is 0.254 e. The summed E-state index contributed by atoms with van der Waals surface area (Å²) in [6.07, 6.45) is 0. The first-order valence-corrected chi connectivity index (χ1v) is 8.91. The van der Waals surface area contributed by atoms with Crippen molar-refractivity contribution in [3.8, 4) is 0 Å². The molecule has 2 amide bonds. The van der Waals surface area contributed by atoms with Gasteiger partial charge in [-0.3, -0.25) is 9.59 Å². The molecule has 1 aliphatic heterocycles. The van der Waals surface area contributed by atoms with Crippen molar-refractivity contribution in [1.82, 2.24) is 4.90 Å². The molecule has 0 bridgehead atoms. The molecule has 0 fully saturated rings. The summed E-state index contributed by atoms with van der Waals surface area (Å²) in [5.74, 6) is -0.0456. The average Bonchev–Trinajstić information content (AvgIpc) is 2.60. The number of fused-ring (bicyclic) bond motifs is 1. The molecular weight excluding hydrogens is 320 g/mol. The van der Waals surface area contributed by atoms with Crippen molar-refractivity contribution in [3.63, 3.8) is 0 Å². The molecule has 1 atom stereocenters. The molecule has 0 aromatic heterocycles. The third kappa shape index (κ3) is 3.46. The Hall–Kier alpha value is -2.27. The van der Waals surface area contributed by atoms with Crippen molar-refractivity contribution in [2.75, 3.05) is 11.9 Å². The van der Waals surface area contributed by atoms with Crippen molar-refractivity contribution in [3.05, 3.63) is 59.7 Å². The zero-order chi connectivity index (χ0) is 17.1. The summed E-state index contributed by atoms with van der Waals surface area (Å²) in [6.45, 7) is 5.05. The molecule has 0 saturated carbocycles. The molecule has 0 radical (unpaired) electrons. The van der Waals surface area contributed by atoms with Gasteiger partial charge in [-0.2, -0.15) is 0 Å². The summed E-state index contributed by atoms with van der Waals surface area (Å²) in [6, 6.07) is 15.5. The number of hydrogen-bond donors (Lipinski definition) is 1. The van der Waals surface area contributed by atoms with E-state index in [4.69, 9.17) is 0 Å².